The fourth-order valence-electron chi connectivity index (χ4n) is 3.32. The molecule has 136 valence electrons. The summed E-state index contributed by atoms with van der Waals surface area (Å²) in [5, 5.41) is 3.16. The first-order chi connectivity index (χ1) is 10.6. The zero-order valence-corrected chi connectivity index (χ0v) is 14.8. The molecule has 1 aromatic rings. The Morgan fingerprint density at radius 3 is 2.29 bits per heavy atom. The van der Waals surface area contributed by atoms with E-state index in [-0.39, 0.29) is 35.6 Å². The summed E-state index contributed by atoms with van der Waals surface area (Å²) in [7, 11) is -4.10. The highest BCUT2D eigenvalue weighted by molar-refractivity contribution is 7.89. The van der Waals surface area contributed by atoms with Gasteiger partial charge in [-0.25, -0.2) is 13.1 Å². The van der Waals surface area contributed by atoms with Crippen molar-refractivity contribution in [3.8, 4) is 0 Å². The molecule has 2 bridgehead atoms. The molecule has 2 N–H and O–H groups in total. The van der Waals surface area contributed by atoms with E-state index in [2.05, 4.69) is 10.0 Å². The average Bonchev–Trinajstić information content (AvgIpc) is 2.76. The number of halogens is 5. The van der Waals surface area contributed by atoms with E-state index in [9.17, 15) is 21.6 Å². The van der Waals surface area contributed by atoms with Gasteiger partial charge in [0, 0.05) is 18.1 Å². The maximum Gasteiger partial charge on any atom is 0.416 e. The third kappa shape index (κ3) is 4.16. The quantitative estimate of drug-likeness (QED) is 0.811. The number of fused-ring (bicyclic) bond motifs is 2. The monoisotopic (exact) mass is 404 g/mol. The van der Waals surface area contributed by atoms with Crippen LogP contribution in [0.15, 0.2) is 23.1 Å². The smallest absolute Gasteiger partial charge is 0.311 e. The third-order valence-electron chi connectivity index (χ3n) is 4.34. The van der Waals surface area contributed by atoms with E-state index in [1.165, 1.54) is 0 Å². The molecule has 2 aliphatic rings. The number of alkyl halides is 3. The van der Waals surface area contributed by atoms with Gasteiger partial charge in [0.15, 0.2) is 0 Å². The molecule has 2 heterocycles. The molecule has 0 radical (unpaired) electrons. The van der Waals surface area contributed by atoms with Gasteiger partial charge >= 0.3 is 6.18 Å². The first-order valence-corrected chi connectivity index (χ1v) is 9.16. The van der Waals surface area contributed by atoms with Crippen molar-refractivity contribution >= 4 is 34.0 Å². The molecule has 1 aromatic carbocycles. The summed E-state index contributed by atoms with van der Waals surface area (Å²) in [5.41, 5.74) is -1.03. The van der Waals surface area contributed by atoms with Crippen molar-refractivity contribution in [3.05, 3.63) is 28.8 Å². The maximum absolute atomic E-state index is 12.8. The van der Waals surface area contributed by atoms with Crippen LogP contribution in [0.5, 0.6) is 0 Å². The van der Waals surface area contributed by atoms with Gasteiger partial charge in [0.25, 0.3) is 0 Å². The fraction of sp³-hybridized carbons (Fsp3) is 0.571. The van der Waals surface area contributed by atoms with Crippen LogP contribution in [0.25, 0.3) is 0 Å². The second kappa shape index (κ2) is 6.99. The number of hydrogen-bond acceptors (Lipinski definition) is 3. The van der Waals surface area contributed by atoms with E-state index in [0.29, 0.717) is 18.9 Å². The molecule has 0 saturated carbocycles. The lowest BCUT2D eigenvalue weighted by Crippen LogP contribution is -2.47. The Bertz CT molecular complexity index is 700. The summed E-state index contributed by atoms with van der Waals surface area (Å²) >= 11 is 5.82. The van der Waals surface area contributed by atoms with Gasteiger partial charge in [-0.15, -0.1) is 12.4 Å². The predicted octanol–water partition coefficient (Wildman–Crippen LogP) is 3.34. The highest BCUT2D eigenvalue weighted by atomic mass is 35.5. The minimum Gasteiger partial charge on any atom is -0.311 e. The Kier molecular flexibility index (Phi) is 5.76. The Morgan fingerprint density at radius 2 is 1.75 bits per heavy atom. The van der Waals surface area contributed by atoms with Crippen LogP contribution >= 0.6 is 24.0 Å². The van der Waals surface area contributed by atoms with Crippen LogP contribution in [-0.4, -0.2) is 26.5 Å². The van der Waals surface area contributed by atoms with E-state index in [1.54, 1.807) is 0 Å². The summed E-state index contributed by atoms with van der Waals surface area (Å²) < 4.78 is 65.8. The number of piperidine rings is 1. The molecule has 4 nitrogen and oxygen atoms in total. The highest BCUT2D eigenvalue weighted by Gasteiger charge is 2.37. The largest absolute Gasteiger partial charge is 0.416 e. The minimum atomic E-state index is -4.62. The maximum atomic E-state index is 12.8. The number of benzene rings is 1. The molecule has 2 aliphatic heterocycles. The lowest BCUT2D eigenvalue weighted by atomic mass is 10.0. The lowest BCUT2D eigenvalue weighted by Gasteiger charge is -2.29. The molecule has 10 heteroatoms. The zero-order chi connectivity index (χ0) is 16.8. The number of sulfonamides is 1. The van der Waals surface area contributed by atoms with Gasteiger partial charge in [-0.3, -0.25) is 0 Å². The molecular formula is C14H17Cl2F3N2O2S. The molecule has 0 aromatic heterocycles. The summed E-state index contributed by atoms with van der Waals surface area (Å²) in [6, 6.07) is 2.55. The molecule has 2 fully saturated rings. The van der Waals surface area contributed by atoms with E-state index in [1.807, 2.05) is 0 Å². The van der Waals surface area contributed by atoms with E-state index in [0.717, 1.165) is 25.0 Å². The molecule has 0 aliphatic carbocycles. The van der Waals surface area contributed by atoms with Crippen LogP contribution in [0.3, 0.4) is 0 Å². The Labute approximate surface area is 149 Å². The third-order valence-corrected chi connectivity index (χ3v) is 6.35. The van der Waals surface area contributed by atoms with Crippen molar-refractivity contribution in [2.75, 3.05) is 0 Å². The first-order valence-electron chi connectivity index (χ1n) is 7.30. The summed E-state index contributed by atoms with van der Waals surface area (Å²) in [5.74, 6) is 0. The summed E-state index contributed by atoms with van der Waals surface area (Å²) in [4.78, 5) is -0.528. The van der Waals surface area contributed by atoms with E-state index >= 15 is 0 Å². The van der Waals surface area contributed by atoms with Crippen LogP contribution in [0.2, 0.25) is 5.02 Å². The summed E-state index contributed by atoms with van der Waals surface area (Å²) in [6.07, 6.45) is -1.37. The van der Waals surface area contributed by atoms with Gasteiger partial charge in [-0.05, 0) is 43.9 Å². The molecule has 0 spiro atoms. The average molecular weight is 405 g/mol. The van der Waals surface area contributed by atoms with E-state index < -0.39 is 26.7 Å². The lowest BCUT2D eigenvalue weighted by molar-refractivity contribution is -0.137. The van der Waals surface area contributed by atoms with Gasteiger partial charge in [0.2, 0.25) is 10.0 Å². The van der Waals surface area contributed by atoms with Crippen molar-refractivity contribution in [2.45, 2.75) is 54.9 Å². The molecule has 2 atom stereocenters. The van der Waals surface area contributed by atoms with Gasteiger partial charge in [-0.2, -0.15) is 13.2 Å². The predicted molar refractivity (Wildman–Crippen MR) is 87.0 cm³/mol. The van der Waals surface area contributed by atoms with Crippen LogP contribution in [0, 0.1) is 0 Å². The SMILES string of the molecule is Cl.O=S(=O)(NC1CC2CCC(C1)N2)c1cc(C(F)(F)F)ccc1Cl. The van der Waals surface area contributed by atoms with Gasteiger partial charge in [0.05, 0.1) is 10.6 Å². The Hall–Kier alpha value is -0.540. The fourth-order valence-corrected chi connectivity index (χ4v) is 5.11. The Morgan fingerprint density at radius 1 is 1.17 bits per heavy atom. The van der Waals surface area contributed by atoms with Crippen molar-refractivity contribution in [1.82, 2.24) is 10.0 Å². The molecule has 2 saturated heterocycles. The molecule has 3 rings (SSSR count). The normalized spacial score (nSPS) is 26.9. The second-order valence-corrected chi connectivity index (χ2v) is 8.16. The van der Waals surface area contributed by atoms with Crippen LogP contribution < -0.4 is 10.0 Å². The first kappa shape index (κ1) is 19.8. The number of rotatable bonds is 3. The van der Waals surface area contributed by atoms with Crippen LogP contribution in [0.1, 0.15) is 31.2 Å². The van der Waals surface area contributed by atoms with Gasteiger partial charge < -0.3 is 5.32 Å². The van der Waals surface area contributed by atoms with Crippen molar-refractivity contribution in [3.63, 3.8) is 0 Å². The second-order valence-electron chi connectivity index (χ2n) is 6.07. The molecule has 24 heavy (non-hydrogen) atoms. The minimum absolute atomic E-state index is 0. The molecule has 0 amide bonds. The topological polar surface area (TPSA) is 58.2 Å². The summed E-state index contributed by atoms with van der Waals surface area (Å²) in [6.45, 7) is 0. The molecule has 2 unspecified atom stereocenters. The van der Waals surface area contributed by atoms with Crippen molar-refractivity contribution in [2.24, 2.45) is 0 Å². The number of hydrogen-bond donors (Lipinski definition) is 2. The van der Waals surface area contributed by atoms with E-state index in [4.69, 9.17) is 11.6 Å². The number of nitrogens with one attached hydrogen (secondary N) is 2. The van der Waals surface area contributed by atoms with Crippen LogP contribution in [0.4, 0.5) is 13.2 Å². The van der Waals surface area contributed by atoms with Crippen LogP contribution in [-0.2, 0) is 16.2 Å². The zero-order valence-electron chi connectivity index (χ0n) is 12.4. The molecular weight excluding hydrogens is 388 g/mol. The highest BCUT2D eigenvalue weighted by Crippen LogP contribution is 2.34. The standard InChI is InChI=1S/C14H16ClF3N2O2S.ClH/c15-12-4-1-8(14(16,17)18)5-13(12)23(21,22)20-11-6-9-2-3-10(7-11)19-9;/h1,4-5,9-11,19-20H,2-3,6-7H2;1H. The van der Waals surface area contributed by atoms with Gasteiger partial charge in [-0.1, -0.05) is 11.6 Å². The van der Waals surface area contributed by atoms with Crippen molar-refractivity contribution in [1.29, 1.82) is 0 Å². The van der Waals surface area contributed by atoms with Gasteiger partial charge in [0.1, 0.15) is 4.90 Å². The Balaban J connectivity index is 0.00000208. The van der Waals surface area contributed by atoms with Crippen molar-refractivity contribution < 1.29 is 21.6 Å².